The van der Waals surface area contributed by atoms with Crippen molar-refractivity contribution in [1.82, 2.24) is 4.57 Å². The molecule has 1 aliphatic heterocycles. The predicted octanol–water partition coefficient (Wildman–Crippen LogP) is 2.43. The maximum Gasteiger partial charge on any atom is 0.307 e. The molecule has 0 saturated carbocycles. The van der Waals surface area contributed by atoms with E-state index in [9.17, 15) is 22.4 Å². The maximum atomic E-state index is 13.1. The molecule has 2 aromatic carbocycles. The second kappa shape index (κ2) is 9.32. The van der Waals surface area contributed by atoms with Crippen molar-refractivity contribution in [2.24, 2.45) is 4.99 Å². The van der Waals surface area contributed by atoms with Crippen molar-refractivity contribution < 1.29 is 36.6 Å². The maximum absolute atomic E-state index is 13.1. The summed E-state index contributed by atoms with van der Waals surface area (Å²) < 4.78 is 56.3. The monoisotopic (exact) mass is 494 g/mol. The van der Waals surface area contributed by atoms with Crippen LogP contribution in [-0.4, -0.2) is 44.0 Å². The number of aromatic nitrogens is 1. The normalized spacial score (nSPS) is 13.5. The molecule has 0 fully saturated rings. The number of aryl methyl sites for hydroxylation is 1. The van der Waals surface area contributed by atoms with E-state index in [0.29, 0.717) is 17.0 Å². The van der Waals surface area contributed by atoms with Gasteiger partial charge >= 0.3 is 5.97 Å². The summed E-state index contributed by atoms with van der Waals surface area (Å²) in [5, 5.41) is 0. The summed E-state index contributed by atoms with van der Waals surface area (Å²) in [6, 6.07) is 7.66. The molecule has 33 heavy (non-hydrogen) atoms. The molecular formula is C21H19FN2O7S2. The molecule has 0 spiro atoms. The fourth-order valence-electron chi connectivity index (χ4n) is 3.22. The molecule has 2 heterocycles. The topological polar surface area (TPSA) is 113 Å². The lowest BCUT2D eigenvalue weighted by molar-refractivity contribution is -0.143. The first-order valence-corrected chi connectivity index (χ1v) is 12.4. The van der Waals surface area contributed by atoms with Gasteiger partial charge in [-0.25, -0.2) is 12.8 Å². The Morgan fingerprint density at radius 3 is 2.58 bits per heavy atom. The summed E-state index contributed by atoms with van der Waals surface area (Å²) in [6.45, 7) is 2.19. The van der Waals surface area contributed by atoms with Crippen LogP contribution in [0, 0.1) is 5.82 Å². The first-order chi connectivity index (χ1) is 15.8. The average molecular weight is 495 g/mol. The number of esters is 1. The molecule has 0 aliphatic carbocycles. The summed E-state index contributed by atoms with van der Waals surface area (Å²) in [4.78, 5) is 28.5. The molecule has 0 N–H and O–H groups in total. The quantitative estimate of drug-likeness (QED) is 0.366. The van der Waals surface area contributed by atoms with Crippen LogP contribution < -0.4 is 14.3 Å². The largest absolute Gasteiger partial charge is 0.466 e. The number of hydrogen-bond acceptors (Lipinski definition) is 8. The van der Waals surface area contributed by atoms with Crippen molar-refractivity contribution in [3.05, 3.63) is 47.0 Å². The second-order valence-electron chi connectivity index (χ2n) is 6.98. The SMILES string of the molecule is CCOC(=O)CCn1c(=NC(=O)CS(=O)(=O)c2ccc(F)cc2)sc2cc3c(cc21)OCO3. The van der Waals surface area contributed by atoms with Gasteiger partial charge in [0.15, 0.2) is 26.1 Å². The summed E-state index contributed by atoms with van der Waals surface area (Å²) in [6.07, 6.45) is 0.0311. The highest BCUT2D eigenvalue weighted by Crippen LogP contribution is 2.37. The van der Waals surface area contributed by atoms with Gasteiger partial charge in [-0.15, -0.1) is 0 Å². The minimum atomic E-state index is -4.01. The molecule has 0 atom stereocenters. The Hall–Kier alpha value is -3.25. The molecule has 0 radical (unpaired) electrons. The lowest BCUT2D eigenvalue weighted by Crippen LogP contribution is -2.22. The van der Waals surface area contributed by atoms with Gasteiger partial charge in [0.1, 0.15) is 11.6 Å². The van der Waals surface area contributed by atoms with Gasteiger partial charge in [0.05, 0.1) is 28.1 Å². The number of fused-ring (bicyclic) bond motifs is 2. The molecule has 3 aromatic rings. The Bertz CT molecular complexity index is 1390. The number of ether oxygens (including phenoxy) is 3. The molecular weight excluding hydrogens is 475 g/mol. The zero-order valence-electron chi connectivity index (χ0n) is 17.4. The highest BCUT2D eigenvalue weighted by molar-refractivity contribution is 7.92. The Morgan fingerprint density at radius 1 is 1.18 bits per heavy atom. The van der Waals surface area contributed by atoms with E-state index in [4.69, 9.17) is 14.2 Å². The fourth-order valence-corrected chi connectivity index (χ4v) is 5.41. The molecule has 1 aromatic heterocycles. The van der Waals surface area contributed by atoms with Gasteiger partial charge in [0, 0.05) is 18.7 Å². The Kier molecular flexibility index (Phi) is 6.47. The second-order valence-corrected chi connectivity index (χ2v) is 9.98. The van der Waals surface area contributed by atoms with Crippen LogP contribution in [0.25, 0.3) is 10.2 Å². The van der Waals surface area contributed by atoms with E-state index < -0.39 is 33.3 Å². The third-order valence-electron chi connectivity index (χ3n) is 4.73. The smallest absolute Gasteiger partial charge is 0.307 e. The molecule has 0 unspecified atom stereocenters. The van der Waals surface area contributed by atoms with Crippen molar-refractivity contribution in [2.45, 2.75) is 24.8 Å². The van der Waals surface area contributed by atoms with E-state index in [1.54, 1.807) is 23.6 Å². The van der Waals surface area contributed by atoms with Gasteiger partial charge in [0.25, 0.3) is 5.91 Å². The first-order valence-electron chi connectivity index (χ1n) is 9.91. The number of nitrogens with zero attached hydrogens (tertiary/aromatic N) is 2. The number of halogens is 1. The van der Waals surface area contributed by atoms with Gasteiger partial charge in [-0.1, -0.05) is 11.3 Å². The summed E-state index contributed by atoms with van der Waals surface area (Å²) in [5.74, 6) is -1.72. The zero-order chi connectivity index (χ0) is 23.6. The number of thiazole rings is 1. The third kappa shape index (κ3) is 5.06. The van der Waals surface area contributed by atoms with E-state index in [1.165, 1.54) is 0 Å². The van der Waals surface area contributed by atoms with Crippen LogP contribution in [0.4, 0.5) is 4.39 Å². The summed E-state index contributed by atoms with van der Waals surface area (Å²) in [7, 11) is -4.01. The van der Waals surface area contributed by atoms with Gasteiger partial charge in [-0.3, -0.25) is 9.59 Å². The number of amides is 1. The Labute approximate surface area is 192 Å². The highest BCUT2D eigenvalue weighted by atomic mass is 32.2. The van der Waals surface area contributed by atoms with Crippen molar-refractivity contribution in [1.29, 1.82) is 0 Å². The van der Waals surface area contributed by atoms with Gasteiger partial charge in [0.2, 0.25) is 6.79 Å². The Morgan fingerprint density at radius 2 is 1.88 bits per heavy atom. The van der Waals surface area contributed by atoms with Crippen LogP contribution in [0.5, 0.6) is 11.5 Å². The molecule has 4 rings (SSSR count). The van der Waals surface area contributed by atoms with Crippen molar-refractivity contribution in [2.75, 3.05) is 19.2 Å². The molecule has 174 valence electrons. The standard InChI is InChI=1S/C21H19FN2O7S2/c1-2-29-20(26)7-8-24-15-9-16-17(31-12-30-16)10-18(15)32-21(24)23-19(25)11-33(27,28)14-5-3-13(22)4-6-14/h3-6,9-10H,2,7-8,11-12H2,1H3. The van der Waals surface area contributed by atoms with Crippen LogP contribution in [0.15, 0.2) is 46.3 Å². The van der Waals surface area contributed by atoms with Gasteiger partial charge in [-0.2, -0.15) is 4.99 Å². The van der Waals surface area contributed by atoms with Crippen LogP contribution in [-0.2, 0) is 30.7 Å². The fraction of sp³-hybridized carbons (Fsp3) is 0.286. The lowest BCUT2D eigenvalue weighted by Gasteiger charge is -2.06. The molecule has 12 heteroatoms. The van der Waals surface area contributed by atoms with E-state index >= 15 is 0 Å². The van der Waals surface area contributed by atoms with E-state index in [-0.39, 0.29) is 36.1 Å². The molecule has 1 aliphatic rings. The van der Waals surface area contributed by atoms with Gasteiger partial charge in [-0.05, 0) is 31.2 Å². The van der Waals surface area contributed by atoms with E-state index in [2.05, 4.69) is 4.99 Å². The van der Waals surface area contributed by atoms with Crippen LogP contribution >= 0.6 is 11.3 Å². The van der Waals surface area contributed by atoms with Crippen LogP contribution in [0.2, 0.25) is 0 Å². The van der Waals surface area contributed by atoms with E-state index in [1.807, 2.05) is 0 Å². The minimum Gasteiger partial charge on any atom is -0.466 e. The predicted molar refractivity (Wildman–Crippen MR) is 116 cm³/mol. The zero-order valence-corrected chi connectivity index (χ0v) is 19.1. The minimum absolute atomic E-state index is 0.0311. The average Bonchev–Trinajstić information content (AvgIpc) is 3.33. The van der Waals surface area contributed by atoms with Crippen molar-refractivity contribution in [3.8, 4) is 11.5 Å². The number of carbonyl (C=O) groups is 2. The number of benzene rings is 2. The first kappa shape index (κ1) is 22.9. The van der Waals surface area contributed by atoms with Crippen molar-refractivity contribution >= 4 is 43.3 Å². The third-order valence-corrected chi connectivity index (χ3v) is 7.39. The van der Waals surface area contributed by atoms with Crippen LogP contribution in [0.3, 0.4) is 0 Å². The van der Waals surface area contributed by atoms with Crippen LogP contribution in [0.1, 0.15) is 13.3 Å². The molecule has 0 bridgehead atoms. The number of sulfone groups is 1. The van der Waals surface area contributed by atoms with E-state index in [0.717, 1.165) is 40.3 Å². The summed E-state index contributed by atoms with van der Waals surface area (Å²) >= 11 is 1.15. The summed E-state index contributed by atoms with van der Waals surface area (Å²) in [5.41, 5.74) is 0.654. The lowest BCUT2D eigenvalue weighted by atomic mass is 10.3. The molecule has 9 nitrogen and oxygen atoms in total. The van der Waals surface area contributed by atoms with Crippen molar-refractivity contribution in [3.63, 3.8) is 0 Å². The number of hydrogen-bond donors (Lipinski definition) is 0. The van der Waals surface area contributed by atoms with Gasteiger partial charge < -0.3 is 18.8 Å². The Balaban J connectivity index is 1.68. The number of carbonyl (C=O) groups excluding carboxylic acids is 2. The highest BCUT2D eigenvalue weighted by Gasteiger charge is 2.21. The number of rotatable bonds is 7. The molecule has 1 amide bonds. The molecule has 0 saturated heterocycles.